The van der Waals surface area contributed by atoms with Gasteiger partial charge in [0.25, 0.3) is 5.56 Å². The lowest BCUT2D eigenvalue weighted by molar-refractivity contribution is -0.121. The quantitative estimate of drug-likeness (QED) is 0.681. The van der Waals surface area contributed by atoms with Gasteiger partial charge in [-0.15, -0.1) is 0 Å². The first-order valence-electron chi connectivity index (χ1n) is 8.85. The number of nitrogens with zero attached hydrogens (tertiary/aromatic N) is 4. The average molecular weight is 349 g/mol. The van der Waals surface area contributed by atoms with Gasteiger partial charge in [-0.1, -0.05) is 26.2 Å². The summed E-state index contributed by atoms with van der Waals surface area (Å²) in [4.78, 5) is 40.2. The summed E-state index contributed by atoms with van der Waals surface area (Å²) in [6, 6.07) is 0. The fourth-order valence-corrected chi connectivity index (χ4v) is 2.84. The van der Waals surface area contributed by atoms with E-state index in [1.165, 1.54) is 24.5 Å². The van der Waals surface area contributed by atoms with Crippen LogP contribution in [0.5, 0.6) is 0 Å². The van der Waals surface area contributed by atoms with E-state index in [2.05, 4.69) is 17.2 Å². The number of rotatable bonds is 9. The van der Waals surface area contributed by atoms with Crippen molar-refractivity contribution in [1.82, 2.24) is 24.0 Å². The van der Waals surface area contributed by atoms with Gasteiger partial charge in [-0.25, -0.2) is 9.78 Å². The van der Waals surface area contributed by atoms with Crippen LogP contribution < -0.4 is 16.6 Å². The van der Waals surface area contributed by atoms with Gasteiger partial charge < -0.3 is 9.88 Å². The molecule has 25 heavy (non-hydrogen) atoms. The third-order valence-corrected chi connectivity index (χ3v) is 4.37. The molecule has 1 amide bonds. The van der Waals surface area contributed by atoms with Crippen molar-refractivity contribution in [2.24, 2.45) is 14.1 Å². The van der Waals surface area contributed by atoms with Crippen LogP contribution in [0.15, 0.2) is 15.9 Å². The normalized spacial score (nSPS) is 11.2. The number of aromatic nitrogens is 4. The number of amides is 1. The number of fused-ring (bicyclic) bond motifs is 1. The van der Waals surface area contributed by atoms with Crippen LogP contribution in [0.3, 0.4) is 0 Å². The number of carbonyl (C=O) groups is 1. The van der Waals surface area contributed by atoms with Crippen molar-refractivity contribution in [3.8, 4) is 0 Å². The fourth-order valence-electron chi connectivity index (χ4n) is 2.84. The Bertz CT molecular complexity index is 846. The second kappa shape index (κ2) is 8.64. The molecule has 2 aromatic rings. The summed E-state index contributed by atoms with van der Waals surface area (Å²) in [7, 11) is 3.04. The first kappa shape index (κ1) is 19.0. The van der Waals surface area contributed by atoms with Crippen LogP contribution in [0.2, 0.25) is 0 Å². The largest absolute Gasteiger partial charge is 0.356 e. The summed E-state index contributed by atoms with van der Waals surface area (Å²) in [5.74, 6) is 0.0289. The van der Waals surface area contributed by atoms with Crippen LogP contribution in [0, 0.1) is 0 Å². The summed E-state index contributed by atoms with van der Waals surface area (Å²) < 4.78 is 4.14. The maximum atomic E-state index is 12.3. The molecule has 0 fully saturated rings. The predicted octanol–water partition coefficient (Wildman–Crippen LogP) is 0.910. The number of hydrogen-bond acceptors (Lipinski definition) is 4. The van der Waals surface area contributed by atoms with Crippen molar-refractivity contribution in [2.45, 2.75) is 52.0 Å². The van der Waals surface area contributed by atoms with E-state index in [4.69, 9.17) is 0 Å². The molecule has 0 atom stereocenters. The molecular weight excluding hydrogens is 322 g/mol. The highest BCUT2D eigenvalue weighted by atomic mass is 16.2. The molecule has 0 aromatic carbocycles. The Kier molecular flexibility index (Phi) is 6.55. The lowest BCUT2D eigenvalue weighted by Crippen LogP contribution is -2.37. The highest BCUT2D eigenvalue weighted by molar-refractivity contribution is 5.75. The summed E-state index contributed by atoms with van der Waals surface area (Å²) in [5, 5.41) is 2.92. The third-order valence-electron chi connectivity index (χ3n) is 4.37. The molecule has 0 aliphatic carbocycles. The first-order chi connectivity index (χ1) is 12.0. The summed E-state index contributed by atoms with van der Waals surface area (Å²) in [6.45, 7) is 3.38. The van der Waals surface area contributed by atoms with Gasteiger partial charge in [0.05, 0.1) is 6.33 Å². The van der Waals surface area contributed by atoms with E-state index in [0.29, 0.717) is 30.6 Å². The number of unbranched alkanes of at least 4 members (excludes halogenated alkanes) is 3. The minimum absolute atomic E-state index is 0.0289. The van der Waals surface area contributed by atoms with Crippen molar-refractivity contribution in [3.63, 3.8) is 0 Å². The van der Waals surface area contributed by atoms with Gasteiger partial charge >= 0.3 is 5.69 Å². The van der Waals surface area contributed by atoms with Crippen molar-refractivity contribution < 1.29 is 4.79 Å². The summed E-state index contributed by atoms with van der Waals surface area (Å²) in [5.41, 5.74) is -0.000717. The zero-order valence-electron chi connectivity index (χ0n) is 15.2. The smallest absolute Gasteiger partial charge is 0.332 e. The molecule has 2 rings (SSSR count). The fraction of sp³-hybridized carbons (Fsp3) is 0.647. The maximum Gasteiger partial charge on any atom is 0.332 e. The number of imidazole rings is 1. The van der Waals surface area contributed by atoms with Crippen LogP contribution in [0.4, 0.5) is 0 Å². The van der Waals surface area contributed by atoms with Crippen molar-refractivity contribution in [1.29, 1.82) is 0 Å². The molecule has 0 aliphatic rings. The van der Waals surface area contributed by atoms with Gasteiger partial charge in [0.1, 0.15) is 0 Å². The van der Waals surface area contributed by atoms with Gasteiger partial charge in [0, 0.05) is 33.6 Å². The molecule has 0 bridgehead atoms. The molecule has 0 saturated heterocycles. The lowest BCUT2D eigenvalue weighted by Gasteiger charge is -2.07. The SMILES string of the molecule is CCCCCCNC(=O)CCCn1cnc2c1c(=O)n(C)c(=O)n2C. The summed E-state index contributed by atoms with van der Waals surface area (Å²) in [6.07, 6.45) is 7.08. The van der Waals surface area contributed by atoms with E-state index in [1.807, 2.05) is 0 Å². The Morgan fingerprint density at radius 3 is 2.60 bits per heavy atom. The maximum absolute atomic E-state index is 12.3. The number of hydrogen-bond donors (Lipinski definition) is 1. The van der Waals surface area contributed by atoms with Crippen LogP contribution >= 0.6 is 0 Å². The lowest BCUT2D eigenvalue weighted by atomic mass is 10.2. The molecule has 8 heteroatoms. The minimum Gasteiger partial charge on any atom is -0.356 e. The van der Waals surface area contributed by atoms with Crippen LogP contribution in [-0.2, 0) is 25.4 Å². The van der Waals surface area contributed by atoms with Gasteiger partial charge in [-0.05, 0) is 12.8 Å². The van der Waals surface area contributed by atoms with E-state index < -0.39 is 5.69 Å². The summed E-state index contributed by atoms with van der Waals surface area (Å²) >= 11 is 0. The van der Waals surface area contributed by atoms with E-state index >= 15 is 0 Å². The number of carbonyl (C=O) groups excluding carboxylic acids is 1. The standard InChI is InChI=1S/C17H27N5O3/c1-4-5-6-7-10-18-13(23)9-8-11-22-12-19-15-14(22)16(24)21(3)17(25)20(15)2/h12H,4-11H2,1-3H3,(H,18,23). The molecular formula is C17H27N5O3. The molecule has 0 spiro atoms. The Morgan fingerprint density at radius 2 is 1.88 bits per heavy atom. The van der Waals surface area contributed by atoms with Gasteiger partial charge in [0.2, 0.25) is 5.91 Å². The van der Waals surface area contributed by atoms with E-state index in [-0.39, 0.29) is 11.5 Å². The Labute approximate surface area is 146 Å². The van der Waals surface area contributed by atoms with Crippen LogP contribution in [0.25, 0.3) is 11.2 Å². The Hall–Kier alpha value is -2.38. The first-order valence-corrected chi connectivity index (χ1v) is 8.85. The van der Waals surface area contributed by atoms with E-state index in [0.717, 1.165) is 24.0 Å². The van der Waals surface area contributed by atoms with Crippen LogP contribution in [-0.4, -0.2) is 31.1 Å². The monoisotopic (exact) mass is 349 g/mol. The highest BCUT2D eigenvalue weighted by Gasteiger charge is 2.14. The zero-order valence-corrected chi connectivity index (χ0v) is 15.2. The average Bonchev–Trinajstić information content (AvgIpc) is 3.02. The molecule has 0 aliphatic heterocycles. The topological polar surface area (TPSA) is 90.9 Å². The second-order valence-corrected chi connectivity index (χ2v) is 6.33. The molecule has 2 aromatic heterocycles. The number of nitrogens with one attached hydrogen (secondary N) is 1. The Morgan fingerprint density at radius 1 is 1.12 bits per heavy atom. The molecule has 0 saturated carbocycles. The molecule has 2 heterocycles. The van der Waals surface area contributed by atoms with Crippen molar-refractivity contribution >= 4 is 17.1 Å². The minimum atomic E-state index is -0.398. The molecule has 1 N–H and O–H groups in total. The molecule has 8 nitrogen and oxygen atoms in total. The molecule has 0 radical (unpaired) electrons. The van der Waals surface area contributed by atoms with Gasteiger partial charge in [-0.3, -0.25) is 18.7 Å². The predicted molar refractivity (Wildman–Crippen MR) is 96.6 cm³/mol. The van der Waals surface area contributed by atoms with Crippen LogP contribution in [0.1, 0.15) is 45.4 Å². The molecule has 138 valence electrons. The Balaban J connectivity index is 1.93. The van der Waals surface area contributed by atoms with E-state index in [9.17, 15) is 14.4 Å². The number of aryl methyl sites for hydroxylation is 2. The van der Waals surface area contributed by atoms with Gasteiger partial charge in [0.15, 0.2) is 11.2 Å². The van der Waals surface area contributed by atoms with Gasteiger partial charge in [-0.2, -0.15) is 0 Å². The van der Waals surface area contributed by atoms with Crippen molar-refractivity contribution in [3.05, 3.63) is 27.2 Å². The van der Waals surface area contributed by atoms with E-state index in [1.54, 1.807) is 17.9 Å². The highest BCUT2D eigenvalue weighted by Crippen LogP contribution is 2.07. The molecule has 0 unspecified atom stereocenters. The third kappa shape index (κ3) is 4.37. The second-order valence-electron chi connectivity index (χ2n) is 6.33. The zero-order chi connectivity index (χ0) is 18.4. The van der Waals surface area contributed by atoms with Crippen molar-refractivity contribution in [2.75, 3.05) is 6.54 Å².